The summed E-state index contributed by atoms with van der Waals surface area (Å²) in [5.74, 6) is 0.402. The highest BCUT2D eigenvalue weighted by atomic mass is 35.5. The van der Waals surface area contributed by atoms with Crippen molar-refractivity contribution in [2.24, 2.45) is 0 Å². The first-order chi connectivity index (χ1) is 14.1. The molecule has 150 valence electrons. The van der Waals surface area contributed by atoms with Gasteiger partial charge in [-0.2, -0.15) is 0 Å². The highest BCUT2D eigenvalue weighted by Crippen LogP contribution is 2.30. The van der Waals surface area contributed by atoms with Gasteiger partial charge in [0.25, 0.3) is 5.91 Å². The summed E-state index contributed by atoms with van der Waals surface area (Å²) in [5, 5.41) is 3.48. The third kappa shape index (κ3) is 5.73. The van der Waals surface area contributed by atoms with Crippen LogP contribution in [0.4, 0.5) is 5.69 Å². The van der Waals surface area contributed by atoms with Crippen LogP contribution in [-0.4, -0.2) is 12.5 Å². The van der Waals surface area contributed by atoms with Gasteiger partial charge in [0, 0.05) is 11.1 Å². The number of benzene rings is 3. The molecule has 3 aromatic rings. The molecule has 29 heavy (non-hydrogen) atoms. The molecule has 0 saturated carbocycles. The molecule has 3 aromatic carbocycles. The van der Waals surface area contributed by atoms with E-state index in [2.05, 4.69) is 5.32 Å². The predicted octanol–water partition coefficient (Wildman–Crippen LogP) is 6.36. The van der Waals surface area contributed by atoms with Crippen LogP contribution in [0.2, 0.25) is 10.0 Å². The molecule has 0 aliphatic carbocycles. The molecule has 6 heteroatoms. The van der Waals surface area contributed by atoms with E-state index in [9.17, 15) is 4.79 Å². The van der Waals surface area contributed by atoms with Crippen molar-refractivity contribution in [2.45, 2.75) is 20.1 Å². The summed E-state index contributed by atoms with van der Waals surface area (Å²) in [7, 11) is 0. The van der Waals surface area contributed by atoms with E-state index in [1.165, 1.54) is 0 Å². The zero-order valence-corrected chi connectivity index (χ0v) is 17.5. The Balaban J connectivity index is 1.74. The summed E-state index contributed by atoms with van der Waals surface area (Å²) >= 11 is 12.2. The van der Waals surface area contributed by atoms with Crippen LogP contribution in [0.3, 0.4) is 0 Å². The molecule has 1 N–H and O–H groups in total. The molecule has 0 atom stereocenters. The summed E-state index contributed by atoms with van der Waals surface area (Å²) in [4.78, 5) is 12.7. The van der Waals surface area contributed by atoms with E-state index < -0.39 is 0 Å². The number of rotatable bonds is 8. The third-order valence-electron chi connectivity index (χ3n) is 4.19. The summed E-state index contributed by atoms with van der Waals surface area (Å²) < 4.78 is 11.5. The molecule has 0 spiro atoms. The summed E-state index contributed by atoms with van der Waals surface area (Å²) in [6.45, 7) is 3.23. The first-order valence-corrected chi connectivity index (χ1v) is 9.97. The lowest BCUT2D eigenvalue weighted by Gasteiger charge is -2.13. The van der Waals surface area contributed by atoms with E-state index in [0.29, 0.717) is 46.9 Å². The molecule has 0 saturated heterocycles. The van der Waals surface area contributed by atoms with Crippen LogP contribution in [0.1, 0.15) is 28.4 Å². The summed E-state index contributed by atoms with van der Waals surface area (Å²) in [6.07, 6.45) is 0. The summed E-state index contributed by atoms with van der Waals surface area (Å²) in [6, 6.07) is 20.2. The van der Waals surface area contributed by atoms with Crippen molar-refractivity contribution >= 4 is 34.8 Å². The fraction of sp³-hybridized carbons (Fsp3) is 0.174. The minimum atomic E-state index is -0.290. The Morgan fingerprint density at radius 1 is 0.966 bits per heavy atom. The standard InChI is InChI=1S/C23H21Cl2NO3/c1-2-29-21-12-11-17(23(27)26-20-10-6-9-19(24)22(20)25)13-18(21)15-28-14-16-7-4-3-5-8-16/h3-13H,2,14-15H2,1H3,(H,26,27). The zero-order chi connectivity index (χ0) is 20.6. The molecule has 0 fully saturated rings. The number of halogens is 2. The van der Waals surface area contributed by atoms with E-state index in [4.69, 9.17) is 32.7 Å². The van der Waals surface area contributed by atoms with E-state index >= 15 is 0 Å². The number of carbonyl (C=O) groups is 1. The van der Waals surface area contributed by atoms with Gasteiger partial charge in [-0.15, -0.1) is 0 Å². The van der Waals surface area contributed by atoms with Crippen LogP contribution < -0.4 is 10.1 Å². The lowest BCUT2D eigenvalue weighted by atomic mass is 10.1. The van der Waals surface area contributed by atoms with Gasteiger partial charge in [-0.1, -0.05) is 59.6 Å². The topological polar surface area (TPSA) is 47.6 Å². The molecular formula is C23H21Cl2NO3. The van der Waals surface area contributed by atoms with Crippen LogP contribution >= 0.6 is 23.2 Å². The third-order valence-corrected chi connectivity index (χ3v) is 5.01. The lowest BCUT2D eigenvalue weighted by molar-refractivity contribution is 0.101. The summed E-state index contributed by atoms with van der Waals surface area (Å²) in [5.41, 5.74) is 2.81. The minimum Gasteiger partial charge on any atom is -0.494 e. The molecule has 0 radical (unpaired) electrons. The number of amides is 1. The molecule has 0 aliphatic rings. The quantitative estimate of drug-likeness (QED) is 0.452. The normalized spacial score (nSPS) is 10.6. The van der Waals surface area contributed by atoms with Crippen molar-refractivity contribution in [1.29, 1.82) is 0 Å². The molecule has 1 amide bonds. The van der Waals surface area contributed by atoms with Gasteiger partial charge in [0.2, 0.25) is 0 Å². The fourth-order valence-corrected chi connectivity index (χ4v) is 3.13. The Hall–Kier alpha value is -2.53. The van der Waals surface area contributed by atoms with Crippen molar-refractivity contribution in [3.8, 4) is 5.75 Å². The van der Waals surface area contributed by atoms with Gasteiger partial charge in [-0.05, 0) is 42.8 Å². The maximum Gasteiger partial charge on any atom is 0.255 e. The van der Waals surface area contributed by atoms with E-state index in [0.717, 1.165) is 11.1 Å². The number of ether oxygens (including phenoxy) is 2. The number of anilines is 1. The van der Waals surface area contributed by atoms with Gasteiger partial charge in [0.05, 0.1) is 35.6 Å². The Kier molecular flexibility index (Phi) is 7.53. The predicted molar refractivity (Wildman–Crippen MR) is 117 cm³/mol. The highest BCUT2D eigenvalue weighted by Gasteiger charge is 2.13. The molecule has 0 aliphatic heterocycles. The monoisotopic (exact) mass is 429 g/mol. The lowest BCUT2D eigenvalue weighted by Crippen LogP contribution is -2.13. The van der Waals surface area contributed by atoms with Gasteiger partial charge >= 0.3 is 0 Å². The van der Waals surface area contributed by atoms with Crippen LogP contribution in [0.5, 0.6) is 5.75 Å². The van der Waals surface area contributed by atoms with E-state index in [1.807, 2.05) is 37.3 Å². The van der Waals surface area contributed by atoms with E-state index in [-0.39, 0.29) is 5.91 Å². The minimum absolute atomic E-state index is 0.290. The SMILES string of the molecule is CCOc1ccc(C(=O)Nc2cccc(Cl)c2Cl)cc1COCc1ccccc1. The second-order valence-corrected chi connectivity index (χ2v) is 7.07. The van der Waals surface area contributed by atoms with Gasteiger partial charge in [0.1, 0.15) is 5.75 Å². The number of nitrogens with one attached hydrogen (secondary N) is 1. The van der Waals surface area contributed by atoms with Gasteiger partial charge in [-0.3, -0.25) is 4.79 Å². The van der Waals surface area contributed by atoms with Crippen molar-refractivity contribution in [2.75, 3.05) is 11.9 Å². The number of hydrogen-bond donors (Lipinski definition) is 1. The van der Waals surface area contributed by atoms with Crippen molar-refractivity contribution in [3.63, 3.8) is 0 Å². The van der Waals surface area contributed by atoms with Crippen molar-refractivity contribution in [1.82, 2.24) is 0 Å². The molecular weight excluding hydrogens is 409 g/mol. The van der Waals surface area contributed by atoms with Crippen LogP contribution in [0.25, 0.3) is 0 Å². The maximum absolute atomic E-state index is 12.7. The highest BCUT2D eigenvalue weighted by molar-refractivity contribution is 6.44. The largest absolute Gasteiger partial charge is 0.494 e. The van der Waals surface area contributed by atoms with Gasteiger partial charge < -0.3 is 14.8 Å². The van der Waals surface area contributed by atoms with E-state index in [1.54, 1.807) is 36.4 Å². The average molecular weight is 430 g/mol. The Labute approximate surface area is 180 Å². The first-order valence-electron chi connectivity index (χ1n) is 9.21. The molecule has 0 bridgehead atoms. The van der Waals surface area contributed by atoms with Crippen LogP contribution in [0, 0.1) is 0 Å². The Bertz CT molecular complexity index is 977. The van der Waals surface area contributed by atoms with Crippen LogP contribution in [-0.2, 0) is 18.0 Å². The smallest absolute Gasteiger partial charge is 0.255 e. The molecule has 4 nitrogen and oxygen atoms in total. The number of carbonyl (C=O) groups excluding carboxylic acids is 1. The first kappa shape index (κ1) is 21.2. The zero-order valence-electron chi connectivity index (χ0n) is 16.0. The molecule has 0 heterocycles. The van der Waals surface area contributed by atoms with Crippen molar-refractivity contribution < 1.29 is 14.3 Å². The van der Waals surface area contributed by atoms with Gasteiger partial charge in [-0.25, -0.2) is 0 Å². The Morgan fingerprint density at radius 3 is 2.52 bits per heavy atom. The second-order valence-electron chi connectivity index (χ2n) is 6.29. The molecule has 0 unspecified atom stereocenters. The van der Waals surface area contributed by atoms with Gasteiger partial charge in [0.15, 0.2) is 0 Å². The molecule has 0 aromatic heterocycles. The van der Waals surface area contributed by atoms with Crippen LogP contribution in [0.15, 0.2) is 66.7 Å². The average Bonchev–Trinajstić information content (AvgIpc) is 2.73. The maximum atomic E-state index is 12.7. The second kappa shape index (κ2) is 10.3. The Morgan fingerprint density at radius 2 is 1.76 bits per heavy atom. The van der Waals surface area contributed by atoms with Crippen molar-refractivity contribution in [3.05, 3.63) is 93.5 Å². The number of hydrogen-bond acceptors (Lipinski definition) is 3. The molecule has 3 rings (SSSR count). The fourth-order valence-electron chi connectivity index (χ4n) is 2.78.